The molecular formula is C13H10BrN3O. The van der Waals surface area contributed by atoms with Crippen LogP contribution in [0.15, 0.2) is 47.1 Å². The molecule has 0 saturated carbocycles. The van der Waals surface area contributed by atoms with Gasteiger partial charge in [-0.3, -0.25) is 4.40 Å². The van der Waals surface area contributed by atoms with Gasteiger partial charge in [0, 0.05) is 16.2 Å². The van der Waals surface area contributed by atoms with E-state index in [1.165, 1.54) is 0 Å². The molecule has 0 bridgehead atoms. The van der Waals surface area contributed by atoms with Crippen LogP contribution >= 0.6 is 15.9 Å². The Balaban J connectivity index is 2.31. The lowest BCUT2D eigenvalue weighted by Crippen LogP contribution is -1.93. The lowest BCUT2D eigenvalue weighted by atomic mass is 10.1. The fourth-order valence-corrected chi connectivity index (χ4v) is 2.27. The Hall–Kier alpha value is -2.01. The number of nitrogens with two attached hydrogens (primary N) is 1. The summed E-state index contributed by atoms with van der Waals surface area (Å²) < 4.78 is 2.65. The van der Waals surface area contributed by atoms with Gasteiger partial charge in [-0.1, -0.05) is 22.0 Å². The van der Waals surface area contributed by atoms with Crippen molar-refractivity contribution < 1.29 is 5.11 Å². The predicted octanol–water partition coefficient (Wildman–Crippen LogP) is 3.05. The Labute approximate surface area is 112 Å². The Morgan fingerprint density at radius 2 is 2.06 bits per heavy atom. The number of phenolic OH excluding ortho intramolecular Hbond substituents is 1. The van der Waals surface area contributed by atoms with E-state index in [2.05, 4.69) is 20.9 Å². The van der Waals surface area contributed by atoms with E-state index in [-0.39, 0.29) is 5.75 Å². The molecule has 2 heterocycles. The average molecular weight is 304 g/mol. The number of imidazole rings is 1. The largest absolute Gasteiger partial charge is 0.507 e. The minimum absolute atomic E-state index is 0.160. The molecule has 3 rings (SSSR count). The highest BCUT2D eigenvalue weighted by atomic mass is 79.9. The molecule has 0 atom stereocenters. The first kappa shape index (κ1) is 11.1. The molecular weight excluding hydrogens is 294 g/mol. The van der Waals surface area contributed by atoms with E-state index in [9.17, 15) is 5.11 Å². The van der Waals surface area contributed by atoms with Gasteiger partial charge in [0.25, 0.3) is 0 Å². The third-order valence-electron chi connectivity index (χ3n) is 2.78. The van der Waals surface area contributed by atoms with Crippen LogP contribution in [0.1, 0.15) is 0 Å². The topological polar surface area (TPSA) is 63.5 Å². The number of nitrogen functional groups attached to an aromatic ring is 1. The lowest BCUT2D eigenvalue weighted by molar-refractivity contribution is 0.477. The molecule has 3 aromatic rings. The molecule has 0 aliphatic rings. The zero-order valence-electron chi connectivity index (χ0n) is 9.34. The van der Waals surface area contributed by atoms with Crippen LogP contribution in [0.2, 0.25) is 0 Å². The Morgan fingerprint density at radius 1 is 1.22 bits per heavy atom. The van der Waals surface area contributed by atoms with Crippen LogP contribution in [0.4, 0.5) is 5.82 Å². The average Bonchev–Trinajstić information content (AvgIpc) is 2.71. The molecule has 0 saturated heterocycles. The van der Waals surface area contributed by atoms with Crippen LogP contribution in [0, 0.1) is 0 Å². The number of aromatic nitrogens is 2. The van der Waals surface area contributed by atoms with Gasteiger partial charge in [-0.25, -0.2) is 4.98 Å². The van der Waals surface area contributed by atoms with Gasteiger partial charge in [0.2, 0.25) is 0 Å². The Kier molecular flexibility index (Phi) is 2.48. The van der Waals surface area contributed by atoms with Crippen molar-refractivity contribution in [2.24, 2.45) is 0 Å². The van der Waals surface area contributed by atoms with Gasteiger partial charge in [0.05, 0.1) is 0 Å². The third-order valence-corrected chi connectivity index (χ3v) is 3.27. The maximum absolute atomic E-state index is 9.91. The molecule has 3 N–H and O–H groups in total. The van der Waals surface area contributed by atoms with E-state index in [1.54, 1.807) is 22.6 Å². The van der Waals surface area contributed by atoms with Gasteiger partial charge in [-0.15, -0.1) is 0 Å². The molecule has 2 aromatic heterocycles. The molecule has 0 amide bonds. The minimum atomic E-state index is 0.160. The monoisotopic (exact) mass is 303 g/mol. The van der Waals surface area contributed by atoms with Crippen molar-refractivity contribution in [2.45, 2.75) is 0 Å². The number of aromatic hydroxyl groups is 1. The van der Waals surface area contributed by atoms with E-state index < -0.39 is 0 Å². The van der Waals surface area contributed by atoms with Crippen LogP contribution < -0.4 is 5.73 Å². The maximum atomic E-state index is 9.91. The smallest absolute Gasteiger partial charge is 0.139 e. The second-order valence-electron chi connectivity index (χ2n) is 3.94. The van der Waals surface area contributed by atoms with Crippen molar-refractivity contribution in [1.82, 2.24) is 9.38 Å². The maximum Gasteiger partial charge on any atom is 0.139 e. The van der Waals surface area contributed by atoms with Crippen LogP contribution in [-0.4, -0.2) is 14.5 Å². The zero-order chi connectivity index (χ0) is 12.7. The summed E-state index contributed by atoms with van der Waals surface area (Å²) in [4.78, 5) is 4.44. The third kappa shape index (κ3) is 1.64. The summed E-state index contributed by atoms with van der Waals surface area (Å²) in [5.74, 6) is 0.673. The van der Waals surface area contributed by atoms with Crippen molar-refractivity contribution in [3.8, 4) is 17.0 Å². The quantitative estimate of drug-likeness (QED) is 0.726. The highest BCUT2D eigenvalue weighted by molar-refractivity contribution is 9.10. The molecule has 5 heteroatoms. The van der Waals surface area contributed by atoms with E-state index in [4.69, 9.17) is 5.73 Å². The van der Waals surface area contributed by atoms with Crippen LogP contribution in [0.3, 0.4) is 0 Å². The summed E-state index contributed by atoms with van der Waals surface area (Å²) in [5, 5.41) is 9.91. The van der Waals surface area contributed by atoms with Crippen molar-refractivity contribution >= 4 is 27.4 Å². The van der Waals surface area contributed by atoms with Crippen molar-refractivity contribution in [1.29, 1.82) is 0 Å². The number of phenols is 1. The van der Waals surface area contributed by atoms with E-state index in [0.29, 0.717) is 17.1 Å². The van der Waals surface area contributed by atoms with E-state index in [0.717, 1.165) is 10.1 Å². The SMILES string of the molecule is Nc1c(-c2cc(Br)ccc2O)nc2ccccn12. The first-order valence-corrected chi connectivity index (χ1v) is 6.17. The fraction of sp³-hybridized carbons (Fsp3) is 0. The molecule has 4 nitrogen and oxygen atoms in total. The van der Waals surface area contributed by atoms with Gasteiger partial charge >= 0.3 is 0 Å². The molecule has 18 heavy (non-hydrogen) atoms. The zero-order valence-corrected chi connectivity index (χ0v) is 10.9. The number of benzene rings is 1. The number of halogens is 1. The van der Waals surface area contributed by atoms with Crippen LogP contribution in [-0.2, 0) is 0 Å². The van der Waals surface area contributed by atoms with Gasteiger partial charge in [-0.2, -0.15) is 0 Å². The lowest BCUT2D eigenvalue weighted by Gasteiger charge is -2.03. The fourth-order valence-electron chi connectivity index (χ4n) is 1.91. The van der Waals surface area contributed by atoms with Crippen molar-refractivity contribution in [3.05, 3.63) is 47.1 Å². The van der Waals surface area contributed by atoms with Gasteiger partial charge in [0.1, 0.15) is 22.9 Å². The summed E-state index contributed by atoms with van der Waals surface area (Å²) in [6, 6.07) is 10.8. The number of pyridine rings is 1. The first-order valence-electron chi connectivity index (χ1n) is 5.38. The molecule has 0 aliphatic carbocycles. The van der Waals surface area contributed by atoms with Crippen molar-refractivity contribution in [2.75, 3.05) is 5.73 Å². The highest BCUT2D eigenvalue weighted by Crippen LogP contribution is 2.34. The van der Waals surface area contributed by atoms with E-state index in [1.807, 2.05) is 24.4 Å². The number of hydrogen-bond acceptors (Lipinski definition) is 3. The van der Waals surface area contributed by atoms with Crippen LogP contribution in [0.5, 0.6) is 5.75 Å². The summed E-state index contributed by atoms with van der Waals surface area (Å²) in [7, 11) is 0. The molecule has 0 fully saturated rings. The minimum Gasteiger partial charge on any atom is -0.507 e. The standard InChI is InChI=1S/C13H10BrN3O/c14-8-4-5-10(18)9(7-8)12-13(15)17-6-2-1-3-11(17)16-12/h1-7,18H,15H2. The molecule has 0 spiro atoms. The van der Waals surface area contributed by atoms with E-state index >= 15 is 0 Å². The first-order chi connectivity index (χ1) is 8.66. The second-order valence-corrected chi connectivity index (χ2v) is 4.85. The second kappa shape index (κ2) is 4.03. The van der Waals surface area contributed by atoms with Gasteiger partial charge in [0.15, 0.2) is 0 Å². The number of rotatable bonds is 1. The number of anilines is 1. The Morgan fingerprint density at radius 3 is 2.83 bits per heavy atom. The number of nitrogens with zero attached hydrogens (tertiary/aromatic N) is 2. The molecule has 1 aromatic carbocycles. The van der Waals surface area contributed by atoms with Gasteiger partial charge in [-0.05, 0) is 30.3 Å². The normalized spacial score (nSPS) is 10.9. The number of hydrogen-bond donors (Lipinski definition) is 2. The molecule has 90 valence electrons. The predicted molar refractivity (Wildman–Crippen MR) is 74.4 cm³/mol. The summed E-state index contributed by atoms with van der Waals surface area (Å²) >= 11 is 3.38. The number of fused-ring (bicyclic) bond motifs is 1. The van der Waals surface area contributed by atoms with Gasteiger partial charge < -0.3 is 10.8 Å². The summed E-state index contributed by atoms with van der Waals surface area (Å²) in [6.07, 6.45) is 1.84. The summed E-state index contributed by atoms with van der Waals surface area (Å²) in [6.45, 7) is 0. The van der Waals surface area contributed by atoms with Crippen molar-refractivity contribution in [3.63, 3.8) is 0 Å². The Bertz CT molecular complexity index is 736. The summed E-state index contributed by atoms with van der Waals surface area (Å²) in [5.41, 5.74) is 8.02. The molecule has 0 radical (unpaired) electrons. The highest BCUT2D eigenvalue weighted by Gasteiger charge is 2.14. The molecule has 0 unspecified atom stereocenters. The molecule has 0 aliphatic heterocycles. The van der Waals surface area contributed by atoms with Crippen LogP contribution in [0.25, 0.3) is 16.9 Å².